The van der Waals surface area contributed by atoms with Gasteiger partial charge in [0.15, 0.2) is 4.96 Å². The zero-order valence-electron chi connectivity index (χ0n) is 10.8. The minimum atomic E-state index is -0.534. The number of amides is 1. The third kappa shape index (κ3) is 2.34. The van der Waals surface area contributed by atoms with E-state index in [1.54, 1.807) is 11.6 Å². The first-order chi connectivity index (χ1) is 9.66. The number of nitrogens with zero attached hydrogens (tertiary/aromatic N) is 2. The maximum Gasteiger partial charge on any atom is 0.271 e. The maximum absolute atomic E-state index is 12.2. The standard InChI is InChI=1S/C13H15N3O3S/c17-10-4-2-1-3-9(10)15-11(18)8-7-14-13-16(12(8)19)5-6-20-13/h5-7,9-10,17H,1-4H2,(H,15,18). The lowest BCUT2D eigenvalue weighted by molar-refractivity contribution is 0.0716. The van der Waals surface area contributed by atoms with Crippen LogP contribution in [0.3, 0.4) is 0 Å². The van der Waals surface area contributed by atoms with Crippen LogP contribution < -0.4 is 10.9 Å². The molecule has 1 aliphatic carbocycles. The number of carbonyl (C=O) groups is 1. The highest BCUT2D eigenvalue weighted by Crippen LogP contribution is 2.18. The second kappa shape index (κ2) is 5.34. The fourth-order valence-electron chi connectivity index (χ4n) is 2.51. The Labute approximate surface area is 119 Å². The van der Waals surface area contributed by atoms with E-state index in [9.17, 15) is 14.7 Å². The van der Waals surface area contributed by atoms with Gasteiger partial charge in [-0.05, 0) is 12.8 Å². The van der Waals surface area contributed by atoms with Gasteiger partial charge in [0.25, 0.3) is 11.5 Å². The fraction of sp³-hybridized carbons (Fsp3) is 0.462. The van der Waals surface area contributed by atoms with Gasteiger partial charge < -0.3 is 10.4 Å². The van der Waals surface area contributed by atoms with E-state index in [-0.39, 0.29) is 17.2 Å². The Morgan fingerprint density at radius 3 is 3.05 bits per heavy atom. The molecule has 3 rings (SSSR count). The van der Waals surface area contributed by atoms with Crippen LogP contribution in [0.4, 0.5) is 0 Å². The molecule has 1 aliphatic rings. The van der Waals surface area contributed by atoms with Crippen molar-refractivity contribution < 1.29 is 9.90 Å². The zero-order valence-corrected chi connectivity index (χ0v) is 11.6. The maximum atomic E-state index is 12.2. The highest BCUT2D eigenvalue weighted by molar-refractivity contribution is 7.15. The molecular weight excluding hydrogens is 278 g/mol. The summed E-state index contributed by atoms with van der Waals surface area (Å²) in [7, 11) is 0. The first kappa shape index (κ1) is 13.3. The van der Waals surface area contributed by atoms with Crippen LogP contribution in [0, 0.1) is 0 Å². The molecule has 1 amide bonds. The number of aliphatic hydroxyl groups excluding tert-OH is 1. The molecule has 0 saturated heterocycles. The molecule has 0 bridgehead atoms. The SMILES string of the molecule is O=C(NC1CCCCC1O)c1cnc2sccn2c1=O. The topological polar surface area (TPSA) is 83.7 Å². The first-order valence-corrected chi connectivity index (χ1v) is 7.48. The van der Waals surface area contributed by atoms with Crippen LogP contribution in [0.5, 0.6) is 0 Å². The first-order valence-electron chi connectivity index (χ1n) is 6.60. The summed E-state index contributed by atoms with van der Waals surface area (Å²) in [4.78, 5) is 29.0. The molecular formula is C13H15N3O3S. The van der Waals surface area contributed by atoms with Crippen LogP contribution in [0.15, 0.2) is 22.6 Å². The Hall–Kier alpha value is -1.73. The van der Waals surface area contributed by atoms with Crippen molar-refractivity contribution in [3.8, 4) is 0 Å². The summed E-state index contributed by atoms with van der Waals surface area (Å²) in [5.74, 6) is -0.464. The predicted octanol–water partition coefficient (Wildman–Crippen LogP) is 0.789. The average Bonchev–Trinajstić information content (AvgIpc) is 2.91. The quantitative estimate of drug-likeness (QED) is 0.857. The summed E-state index contributed by atoms with van der Waals surface area (Å²) >= 11 is 1.34. The van der Waals surface area contributed by atoms with Gasteiger partial charge in [0.2, 0.25) is 0 Å². The highest BCUT2D eigenvalue weighted by atomic mass is 32.1. The second-order valence-electron chi connectivity index (χ2n) is 4.96. The molecule has 106 valence electrons. The van der Waals surface area contributed by atoms with Gasteiger partial charge >= 0.3 is 0 Å². The van der Waals surface area contributed by atoms with E-state index >= 15 is 0 Å². The van der Waals surface area contributed by atoms with E-state index < -0.39 is 12.0 Å². The van der Waals surface area contributed by atoms with Crippen LogP contribution in [0.2, 0.25) is 0 Å². The summed E-state index contributed by atoms with van der Waals surface area (Å²) in [6, 6.07) is -0.279. The van der Waals surface area contributed by atoms with E-state index in [2.05, 4.69) is 10.3 Å². The van der Waals surface area contributed by atoms with Crippen molar-refractivity contribution in [2.45, 2.75) is 37.8 Å². The molecule has 0 aromatic carbocycles. The molecule has 1 fully saturated rings. The Balaban J connectivity index is 1.85. The van der Waals surface area contributed by atoms with Crippen molar-refractivity contribution in [1.82, 2.24) is 14.7 Å². The summed E-state index contributed by atoms with van der Waals surface area (Å²) < 4.78 is 1.36. The number of nitrogens with one attached hydrogen (secondary N) is 1. The monoisotopic (exact) mass is 293 g/mol. The second-order valence-corrected chi connectivity index (χ2v) is 5.84. The van der Waals surface area contributed by atoms with E-state index in [1.165, 1.54) is 21.9 Å². The third-order valence-corrected chi connectivity index (χ3v) is 4.40. The molecule has 2 N–H and O–H groups in total. The number of rotatable bonds is 2. The van der Waals surface area contributed by atoms with Crippen LogP contribution in [0.25, 0.3) is 4.96 Å². The van der Waals surface area contributed by atoms with Crippen molar-refractivity contribution in [2.24, 2.45) is 0 Å². The summed E-state index contributed by atoms with van der Waals surface area (Å²) in [5.41, 5.74) is -0.363. The molecule has 2 aromatic heterocycles. The molecule has 20 heavy (non-hydrogen) atoms. The predicted molar refractivity (Wildman–Crippen MR) is 75.1 cm³/mol. The molecule has 0 aliphatic heterocycles. The largest absolute Gasteiger partial charge is 0.391 e. The Morgan fingerprint density at radius 1 is 1.45 bits per heavy atom. The lowest BCUT2D eigenvalue weighted by Gasteiger charge is -2.28. The van der Waals surface area contributed by atoms with Crippen LogP contribution in [-0.2, 0) is 0 Å². The average molecular weight is 293 g/mol. The van der Waals surface area contributed by atoms with Gasteiger partial charge in [-0.1, -0.05) is 12.8 Å². The van der Waals surface area contributed by atoms with Crippen LogP contribution in [-0.4, -0.2) is 32.5 Å². The number of aliphatic hydroxyl groups is 1. The van der Waals surface area contributed by atoms with E-state index in [4.69, 9.17) is 0 Å². The minimum Gasteiger partial charge on any atom is -0.391 e. The smallest absolute Gasteiger partial charge is 0.271 e. The molecule has 2 atom stereocenters. The number of hydrogen-bond donors (Lipinski definition) is 2. The van der Waals surface area contributed by atoms with Gasteiger partial charge in [0.1, 0.15) is 5.56 Å². The number of hydrogen-bond acceptors (Lipinski definition) is 5. The van der Waals surface area contributed by atoms with Crippen molar-refractivity contribution >= 4 is 22.2 Å². The minimum absolute atomic E-state index is 0.0127. The van der Waals surface area contributed by atoms with Crippen molar-refractivity contribution in [3.05, 3.63) is 33.7 Å². The number of thiazole rings is 1. The Bertz CT molecular complexity index is 693. The molecule has 6 nitrogen and oxygen atoms in total. The number of fused-ring (bicyclic) bond motifs is 1. The van der Waals surface area contributed by atoms with Gasteiger partial charge in [-0.25, -0.2) is 4.98 Å². The van der Waals surface area contributed by atoms with Crippen LogP contribution >= 0.6 is 11.3 Å². The summed E-state index contributed by atoms with van der Waals surface area (Å²) in [6.07, 6.45) is 5.74. The Kier molecular flexibility index (Phi) is 3.54. The fourth-order valence-corrected chi connectivity index (χ4v) is 3.18. The Morgan fingerprint density at radius 2 is 2.25 bits per heavy atom. The lowest BCUT2D eigenvalue weighted by atomic mass is 9.92. The molecule has 2 unspecified atom stereocenters. The zero-order chi connectivity index (χ0) is 14.1. The van der Waals surface area contributed by atoms with Crippen molar-refractivity contribution in [2.75, 3.05) is 0 Å². The van der Waals surface area contributed by atoms with Crippen molar-refractivity contribution in [1.29, 1.82) is 0 Å². The summed E-state index contributed by atoms with van der Waals surface area (Å²) in [5, 5.41) is 14.4. The van der Waals surface area contributed by atoms with E-state index in [0.29, 0.717) is 11.4 Å². The third-order valence-electron chi connectivity index (χ3n) is 3.63. The van der Waals surface area contributed by atoms with Gasteiger partial charge in [-0.2, -0.15) is 0 Å². The molecule has 1 saturated carbocycles. The molecule has 0 radical (unpaired) electrons. The normalized spacial score (nSPS) is 22.9. The molecule has 2 aromatic rings. The lowest BCUT2D eigenvalue weighted by Crippen LogP contribution is -2.46. The van der Waals surface area contributed by atoms with Crippen molar-refractivity contribution in [3.63, 3.8) is 0 Å². The van der Waals surface area contributed by atoms with Gasteiger partial charge in [-0.3, -0.25) is 14.0 Å². The van der Waals surface area contributed by atoms with Gasteiger partial charge in [0.05, 0.1) is 12.1 Å². The molecule has 2 heterocycles. The molecule has 0 spiro atoms. The number of carbonyl (C=O) groups excluding carboxylic acids is 1. The molecule has 7 heteroatoms. The number of aromatic nitrogens is 2. The summed E-state index contributed by atoms with van der Waals surface area (Å²) in [6.45, 7) is 0. The van der Waals surface area contributed by atoms with E-state index in [1.807, 2.05) is 0 Å². The van der Waals surface area contributed by atoms with Crippen LogP contribution in [0.1, 0.15) is 36.0 Å². The van der Waals surface area contributed by atoms with Gasteiger partial charge in [0, 0.05) is 17.8 Å². The highest BCUT2D eigenvalue weighted by Gasteiger charge is 2.26. The van der Waals surface area contributed by atoms with Gasteiger partial charge in [-0.15, -0.1) is 11.3 Å². The van der Waals surface area contributed by atoms with E-state index in [0.717, 1.165) is 19.3 Å².